The van der Waals surface area contributed by atoms with E-state index in [0.717, 1.165) is 28.2 Å². The maximum Gasteiger partial charge on any atom is 0.126 e. The molecule has 0 aliphatic rings. The summed E-state index contributed by atoms with van der Waals surface area (Å²) in [5.74, 6) is 1.76. The fourth-order valence-electron chi connectivity index (χ4n) is 2.15. The first-order valence-corrected chi connectivity index (χ1v) is 6.53. The van der Waals surface area contributed by atoms with Crippen molar-refractivity contribution >= 4 is 22.5 Å². The molecule has 0 bridgehead atoms. The number of imidazole rings is 1. The molecular formula is C15H17N5. The highest BCUT2D eigenvalue weighted by molar-refractivity contribution is 5.75. The third-order valence-corrected chi connectivity index (χ3v) is 3.29. The molecule has 0 radical (unpaired) electrons. The number of aromatic nitrogens is 3. The van der Waals surface area contributed by atoms with Gasteiger partial charge in [-0.25, -0.2) is 9.97 Å². The molecule has 5 heteroatoms. The van der Waals surface area contributed by atoms with Gasteiger partial charge in [-0.2, -0.15) is 0 Å². The number of nitrogens with one attached hydrogen (secondary N) is 2. The van der Waals surface area contributed by atoms with Crippen molar-refractivity contribution < 1.29 is 0 Å². The molecule has 3 rings (SSSR count). The van der Waals surface area contributed by atoms with Crippen LogP contribution < -0.4 is 11.1 Å². The van der Waals surface area contributed by atoms with Gasteiger partial charge in [-0.3, -0.25) is 0 Å². The molecule has 102 valence electrons. The zero-order valence-electron chi connectivity index (χ0n) is 11.6. The molecule has 0 amide bonds. The number of hydrogen-bond donors (Lipinski definition) is 3. The van der Waals surface area contributed by atoms with Crippen LogP contribution in [0.5, 0.6) is 0 Å². The third kappa shape index (κ3) is 2.42. The number of nitrogens with two attached hydrogens (primary N) is 1. The van der Waals surface area contributed by atoms with Gasteiger partial charge in [0.25, 0.3) is 0 Å². The summed E-state index contributed by atoms with van der Waals surface area (Å²) in [7, 11) is 0. The summed E-state index contributed by atoms with van der Waals surface area (Å²) in [5.41, 5.74) is 10.7. The van der Waals surface area contributed by atoms with Gasteiger partial charge in [-0.1, -0.05) is 6.07 Å². The minimum Gasteiger partial charge on any atom is -0.397 e. The normalized spacial score (nSPS) is 10.9. The first-order valence-electron chi connectivity index (χ1n) is 6.53. The van der Waals surface area contributed by atoms with E-state index in [9.17, 15) is 0 Å². The average Bonchev–Trinajstić information content (AvgIpc) is 2.79. The van der Waals surface area contributed by atoms with Crippen molar-refractivity contribution in [1.29, 1.82) is 0 Å². The number of aryl methyl sites for hydroxylation is 2. The number of benzene rings is 1. The van der Waals surface area contributed by atoms with E-state index in [-0.39, 0.29) is 0 Å². The summed E-state index contributed by atoms with van der Waals surface area (Å²) < 4.78 is 0. The Labute approximate surface area is 117 Å². The van der Waals surface area contributed by atoms with Crippen LogP contribution in [0, 0.1) is 13.8 Å². The van der Waals surface area contributed by atoms with Gasteiger partial charge in [0.2, 0.25) is 0 Å². The van der Waals surface area contributed by atoms with Crippen molar-refractivity contribution in [3.8, 4) is 0 Å². The Morgan fingerprint density at radius 1 is 1.25 bits per heavy atom. The SMILES string of the molecule is Cc1nc2ccc(CNc3cc(C)c(N)cn3)cc2[nH]1. The van der Waals surface area contributed by atoms with E-state index in [1.54, 1.807) is 6.20 Å². The van der Waals surface area contributed by atoms with Gasteiger partial charge in [0.05, 0.1) is 22.9 Å². The van der Waals surface area contributed by atoms with Crippen LogP contribution >= 0.6 is 0 Å². The molecule has 0 unspecified atom stereocenters. The van der Waals surface area contributed by atoms with Crippen LogP contribution in [0.25, 0.3) is 11.0 Å². The first-order chi connectivity index (χ1) is 9.61. The first kappa shape index (κ1) is 12.5. The molecule has 2 heterocycles. The Morgan fingerprint density at radius 2 is 2.10 bits per heavy atom. The topological polar surface area (TPSA) is 79.6 Å². The molecule has 0 saturated heterocycles. The van der Waals surface area contributed by atoms with Crippen LogP contribution in [0.1, 0.15) is 17.0 Å². The summed E-state index contributed by atoms with van der Waals surface area (Å²) in [6, 6.07) is 8.15. The van der Waals surface area contributed by atoms with Gasteiger partial charge in [0.1, 0.15) is 11.6 Å². The van der Waals surface area contributed by atoms with Gasteiger partial charge in [0.15, 0.2) is 0 Å². The van der Waals surface area contributed by atoms with Crippen molar-refractivity contribution in [3.63, 3.8) is 0 Å². The quantitative estimate of drug-likeness (QED) is 0.681. The number of hydrogen-bond acceptors (Lipinski definition) is 4. The lowest BCUT2D eigenvalue weighted by Crippen LogP contribution is -2.02. The van der Waals surface area contributed by atoms with Crippen LogP contribution in [-0.4, -0.2) is 15.0 Å². The minimum atomic E-state index is 0.713. The molecule has 20 heavy (non-hydrogen) atoms. The summed E-state index contributed by atoms with van der Waals surface area (Å²) in [5, 5.41) is 3.30. The number of nitrogens with zero attached hydrogens (tertiary/aromatic N) is 2. The molecule has 5 nitrogen and oxygen atoms in total. The van der Waals surface area contributed by atoms with Gasteiger partial charge in [0, 0.05) is 6.54 Å². The Kier molecular flexibility index (Phi) is 3.02. The van der Waals surface area contributed by atoms with Crippen molar-refractivity contribution in [2.24, 2.45) is 0 Å². The molecule has 4 N–H and O–H groups in total. The predicted molar refractivity (Wildman–Crippen MR) is 81.5 cm³/mol. The summed E-state index contributed by atoms with van der Waals surface area (Å²) in [4.78, 5) is 11.9. The fraction of sp³-hybridized carbons (Fsp3) is 0.200. The molecule has 2 aromatic heterocycles. The van der Waals surface area contributed by atoms with E-state index in [2.05, 4.69) is 32.4 Å². The minimum absolute atomic E-state index is 0.713. The van der Waals surface area contributed by atoms with Crippen LogP contribution in [0.4, 0.5) is 11.5 Å². The van der Waals surface area contributed by atoms with Crippen molar-refractivity contribution in [2.45, 2.75) is 20.4 Å². The lowest BCUT2D eigenvalue weighted by molar-refractivity contribution is 1.11. The number of H-pyrrole nitrogens is 1. The molecule has 0 atom stereocenters. The number of rotatable bonds is 3. The second-order valence-electron chi connectivity index (χ2n) is 4.95. The number of aromatic amines is 1. The van der Waals surface area contributed by atoms with E-state index in [4.69, 9.17) is 5.73 Å². The van der Waals surface area contributed by atoms with Crippen LogP contribution in [0.15, 0.2) is 30.5 Å². The predicted octanol–water partition coefficient (Wildman–Crippen LogP) is 2.77. The Hall–Kier alpha value is -2.56. The molecule has 3 aromatic rings. The zero-order valence-corrected chi connectivity index (χ0v) is 11.6. The second-order valence-corrected chi connectivity index (χ2v) is 4.95. The van der Waals surface area contributed by atoms with Gasteiger partial charge in [-0.05, 0) is 43.2 Å². The molecule has 0 aliphatic heterocycles. The Bertz CT molecular complexity index is 760. The number of fused-ring (bicyclic) bond motifs is 1. The standard InChI is InChI=1S/C15H17N5/c1-9-5-15(18-8-12(9)16)17-7-11-3-4-13-14(6-11)20-10(2)19-13/h3-6,8H,7,16H2,1-2H3,(H,17,18)(H,19,20). The molecule has 1 aromatic carbocycles. The second kappa shape index (κ2) is 4.85. The smallest absolute Gasteiger partial charge is 0.126 e. The average molecular weight is 267 g/mol. The van der Waals surface area contributed by atoms with E-state index >= 15 is 0 Å². The molecule has 0 spiro atoms. The Morgan fingerprint density at radius 3 is 2.90 bits per heavy atom. The fourth-order valence-corrected chi connectivity index (χ4v) is 2.15. The summed E-state index contributed by atoms with van der Waals surface area (Å²) in [6.07, 6.45) is 1.68. The highest BCUT2D eigenvalue weighted by Crippen LogP contribution is 2.16. The van der Waals surface area contributed by atoms with Gasteiger partial charge < -0.3 is 16.0 Å². The van der Waals surface area contributed by atoms with E-state index < -0.39 is 0 Å². The number of nitrogen functional groups attached to an aromatic ring is 1. The highest BCUT2D eigenvalue weighted by Gasteiger charge is 2.02. The van der Waals surface area contributed by atoms with E-state index in [1.165, 1.54) is 5.56 Å². The van der Waals surface area contributed by atoms with Gasteiger partial charge >= 0.3 is 0 Å². The van der Waals surface area contributed by atoms with Crippen LogP contribution in [0.3, 0.4) is 0 Å². The molecule has 0 aliphatic carbocycles. The monoisotopic (exact) mass is 267 g/mol. The van der Waals surface area contributed by atoms with E-state index in [0.29, 0.717) is 12.2 Å². The molecular weight excluding hydrogens is 250 g/mol. The largest absolute Gasteiger partial charge is 0.397 e. The maximum absolute atomic E-state index is 5.76. The van der Waals surface area contributed by atoms with Crippen LogP contribution in [-0.2, 0) is 6.54 Å². The Balaban J connectivity index is 1.77. The lowest BCUT2D eigenvalue weighted by Gasteiger charge is -2.07. The van der Waals surface area contributed by atoms with Crippen molar-refractivity contribution in [2.75, 3.05) is 11.1 Å². The maximum atomic E-state index is 5.76. The lowest BCUT2D eigenvalue weighted by atomic mass is 10.2. The van der Waals surface area contributed by atoms with Gasteiger partial charge in [-0.15, -0.1) is 0 Å². The molecule has 0 fully saturated rings. The number of anilines is 2. The van der Waals surface area contributed by atoms with Crippen molar-refractivity contribution in [3.05, 3.63) is 47.4 Å². The summed E-state index contributed by atoms with van der Waals surface area (Å²) >= 11 is 0. The van der Waals surface area contributed by atoms with Crippen molar-refractivity contribution in [1.82, 2.24) is 15.0 Å². The third-order valence-electron chi connectivity index (χ3n) is 3.29. The highest BCUT2D eigenvalue weighted by atomic mass is 15.0. The molecule has 0 saturated carbocycles. The summed E-state index contributed by atoms with van der Waals surface area (Å²) in [6.45, 7) is 4.64. The zero-order chi connectivity index (χ0) is 14.1. The van der Waals surface area contributed by atoms with E-state index in [1.807, 2.05) is 26.0 Å². The number of pyridine rings is 1. The van der Waals surface area contributed by atoms with Crippen LogP contribution in [0.2, 0.25) is 0 Å².